The number of hydrogen-bond acceptors (Lipinski definition) is 2. The van der Waals surface area contributed by atoms with Crippen molar-refractivity contribution in [1.29, 1.82) is 0 Å². The van der Waals surface area contributed by atoms with Gasteiger partial charge in [0.05, 0.1) is 0 Å². The fourth-order valence-corrected chi connectivity index (χ4v) is 3.33. The normalized spacial score (nSPS) is 22.8. The van der Waals surface area contributed by atoms with Gasteiger partial charge in [-0.1, -0.05) is 24.6 Å². The van der Waals surface area contributed by atoms with Gasteiger partial charge >= 0.3 is 0 Å². The largest absolute Gasteiger partial charge is 0.369 e. The van der Waals surface area contributed by atoms with E-state index in [1.54, 1.807) is 0 Å². The molecule has 1 aliphatic carbocycles. The van der Waals surface area contributed by atoms with Crippen LogP contribution in [0.5, 0.6) is 0 Å². The molecule has 20 heavy (non-hydrogen) atoms. The van der Waals surface area contributed by atoms with Crippen molar-refractivity contribution < 1.29 is 0 Å². The highest BCUT2D eigenvalue weighted by atomic mass is 15.2. The van der Waals surface area contributed by atoms with Crippen molar-refractivity contribution in [3.8, 4) is 0 Å². The summed E-state index contributed by atoms with van der Waals surface area (Å²) in [4.78, 5) is 2.59. The predicted molar refractivity (Wildman–Crippen MR) is 88.5 cm³/mol. The van der Waals surface area contributed by atoms with Crippen LogP contribution in [0.3, 0.4) is 0 Å². The van der Waals surface area contributed by atoms with Crippen LogP contribution in [-0.2, 0) is 0 Å². The maximum Gasteiger partial charge on any atom is 0.0368 e. The van der Waals surface area contributed by atoms with Gasteiger partial charge in [-0.2, -0.15) is 0 Å². The fraction of sp³-hybridized carbons (Fsp3) is 0.667. The lowest BCUT2D eigenvalue weighted by molar-refractivity contribution is 0.333. The third-order valence-electron chi connectivity index (χ3n) is 4.53. The third kappa shape index (κ3) is 3.99. The first-order valence-electron chi connectivity index (χ1n) is 8.31. The zero-order valence-corrected chi connectivity index (χ0v) is 13.4. The Morgan fingerprint density at radius 1 is 1.05 bits per heavy atom. The highest BCUT2D eigenvalue weighted by molar-refractivity contribution is 5.48. The maximum atomic E-state index is 3.68. The molecule has 0 spiro atoms. The van der Waals surface area contributed by atoms with Crippen LogP contribution in [0.25, 0.3) is 0 Å². The van der Waals surface area contributed by atoms with Gasteiger partial charge in [-0.25, -0.2) is 0 Å². The van der Waals surface area contributed by atoms with E-state index in [1.807, 2.05) is 0 Å². The molecule has 2 nitrogen and oxygen atoms in total. The van der Waals surface area contributed by atoms with E-state index in [0.29, 0.717) is 0 Å². The summed E-state index contributed by atoms with van der Waals surface area (Å²) in [6.07, 6.45) is 6.54. The van der Waals surface area contributed by atoms with Crippen molar-refractivity contribution in [1.82, 2.24) is 5.32 Å². The van der Waals surface area contributed by atoms with Gasteiger partial charge in [0.25, 0.3) is 0 Å². The molecule has 0 radical (unpaired) electrons. The molecule has 112 valence electrons. The van der Waals surface area contributed by atoms with Crippen LogP contribution in [0.4, 0.5) is 5.69 Å². The molecule has 1 saturated carbocycles. The molecule has 0 atom stereocenters. The quantitative estimate of drug-likeness (QED) is 0.839. The van der Waals surface area contributed by atoms with Gasteiger partial charge in [-0.3, -0.25) is 0 Å². The number of nitrogens with zero attached hydrogens (tertiary/aromatic N) is 1. The van der Waals surface area contributed by atoms with E-state index in [-0.39, 0.29) is 0 Å². The van der Waals surface area contributed by atoms with E-state index in [0.717, 1.165) is 18.6 Å². The van der Waals surface area contributed by atoms with Crippen LogP contribution in [0.2, 0.25) is 0 Å². The SMILES string of the molecule is CCCNC1CCC(N(CC)c2ccc(C)cc2)CC1. The Balaban J connectivity index is 1.91. The molecule has 1 N–H and O–H groups in total. The van der Waals surface area contributed by atoms with E-state index in [9.17, 15) is 0 Å². The van der Waals surface area contributed by atoms with Gasteiger partial charge in [-0.15, -0.1) is 0 Å². The van der Waals surface area contributed by atoms with Gasteiger partial charge in [0.1, 0.15) is 0 Å². The molecule has 1 aliphatic rings. The molecule has 0 aliphatic heterocycles. The second kappa shape index (κ2) is 7.68. The van der Waals surface area contributed by atoms with Gasteiger partial charge in [-0.05, 0) is 64.6 Å². The molecule has 0 amide bonds. The highest BCUT2D eigenvalue weighted by Gasteiger charge is 2.24. The summed E-state index contributed by atoms with van der Waals surface area (Å²) in [5, 5.41) is 3.68. The summed E-state index contributed by atoms with van der Waals surface area (Å²) in [5.74, 6) is 0. The highest BCUT2D eigenvalue weighted by Crippen LogP contribution is 2.27. The Hall–Kier alpha value is -1.02. The van der Waals surface area contributed by atoms with E-state index in [2.05, 4.69) is 55.3 Å². The standard InChI is InChI=1S/C18H30N2/c1-4-14-19-16-8-12-18(13-9-16)20(5-2)17-10-6-15(3)7-11-17/h6-7,10-11,16,18-19H,4-5,8-9,12-14H2,1-3H3. The lowest BCUT2D eigenvalue weighted by atomic mass is 9.89. The van der Waals surface area contributed by atoms with Crippen LogP contribution in [0.15, 0.2) is 24.3 Å². The Bertz CT molecular complexity index is 377. The van der Waals surface area contributed by atoms with E-state index in [1.165, 1.54) is 49.9 Å². The second-order valence-corrected chi connectivity index (χ2v) is 6.08. The van der Waals surface area contributed by atoms with Crippen molar-refractivity contribution >= 4 is 5.69 Å². The van der Waals surface area contributed by atoms with Crippen LogP contribution in [0.1, 0.15) is 51.5 Å². The number of anilines is 1. The lowest BCUT2D eigenvalue weighted by Gasteiger charge is -2.38. The Morgan fingerprint density at radius 2 is 1.70 bits per heavy atom. The number of benzene rings is 1. The minimum atomic E-state index is 0.724. The Morgan fingerprint density at radius 3 is 2.25 bits per heavy atom. The molecule has 1 aromatic carbocycles. The van der Waals surface area contributed by atoms with Gasteiger partial charge in [0.15, 0.2) is 0 Å². The zero-order chi connectivity index (χ0) is 14.4. The Labute approximate surface area is 124 Å². The summed E-state index contributed by atoms with van der Waals surface area (Å²) in [7, 11) is 0. The minimum Gasteiger partial charge on any atom is -0.369 e. The Kier molecular flexibility index (Phi) is 5.90. The molecule has 2 heteroatoms. The van der Waals surface area contributed by atoms with E-state index < -0.39 is 0 Å². The van der Waals surface area contributed by atoms with Crippen LogP contribution in [-0.4, -0.2) is 25.2 Å². The summed E-state index contributed by atoms with van der Waals surface area (Å²) >= 11 is 0. The van der Waals surface area contributed by atoms with Gasteiger partial charge in [0.2, 0.25) is 0 Å². The first-order chi connectivity index (χ1) is 9.74. The monoisotopic (exact) mass is 274 g/mol. The summed E-state index contributed by atoms with van der Waals surface area (Å²) in [5.41, 5.74) is 2.74. The maximum absolute atomic E-state index is 3.68. The number of nitrogens with one attached hydrogen (secondary N) is 1. The summed E-state index contributed by atoms with van der Waals surface area (Å²) in [6, 6.07) is 10.5. The van der Waals surface area contributed by atoms with Crippen LogP contribution >= 0.6 is 0 Å². The molecule has 2 rings (SSSR count). The molecule has 0 unspecified atom stereocenters. The summed E-state index contributed by atoms with van der Waals surface area (Å²) in [6.45, 7) is 8.96. The fourth-order valence-electron chi connectivity index (χ4n) is 3.33. The average molecular weight is 274 g/mol. The van der Waals surface area contributed by atoms with Crippen molar-refractivity contribution in [3.63, 3.8) is 0 Å². The second-order valence-electron chi connectivity index (χ2n) is 6.08. The topological polar surface area (TPSA) is 15.3 Å². The molecule has 0 saturated heterocycles. The van der Waals surface area contributed by atoms with Gasteiger partial charge < -0.3 is 10.2 Å². The molecule has 0 bridgehead atoms. The third-order valence-corrected chi connectivity index (χ3v) is 4.53. The van der Waals surface area contributed by atoms with Crippen molar-refractivity contribution in [3.05, 3.63) is 29.8 Å². The molecule has 0 heterocycles. The molecule has 0 aromatic heterocycles. The van der Waals surface area contributed by atoms with Crippen molar-refractivity contribution in [2.24, 2.45) is 0 Å². The summed E-state index contributed by atoms with van der Waals surface area (Å²) < 4.78 is 0. The van der Waals surface area contributed by atoms with Gasteiger partial charge in [0, 0.05) is 24.3 Å². The number of rotatable bonds is 6. The van der Waals surface area contributed by atoms with Crippen LogP contribution < -0.4 is 10.2 Å². The molecular formula is C18H30N2. The van der Waals surface area contributed by atoms with Crippen molar-refractivity contribution in [2.75, 3.05) is 18.0 Å². The zero-order valence-electron chi connectivity index (χ0n) is 13.4. The molecule has 1 aromatic rings. The van der Waals surface area contributed by atoms with Crippen molar-refractivity contribution in [2.45, 2.75) is 65.0 Å². The molecular weight excluding hydrogens is 244 g/mol. The van der Waals surface area contributed by atoms with Crippen LogP contribution in [0, 0.1) is 6.92 Å². The molecule has 1 fully saturated rings. The van der Waals surface area contributed by atoms with E-state index >= 15 is 0 Å². The first kappa shape index (κ1) is 15.4. The first-order valence-corrected chi connectivity index (χ1v) is 8.31. The lowest BCUT2D eigenvalue weighted by Crippen LogP contribution is -2.42. The van der Waals surface area contributed by atoms with E-state index in [4.69, 9.17) is 0 Å². The minimum absolute atomic E-state index is 0.724. The number of hydrogen-bond donors (Lipinski definition) is 1. The number of aryl methyl sites for hydroxylation is 1. The smallest absolute Gasteiger partial charge is 0.0368 e. The average Bonchev–Trinajstić information content (AvgIpc) is 2.49. The predicted octanol–water partition coefficient (Wildman–Crippen LogP) is 4.13.